The van der Waals surface area contributed by atoms with E-state index in [1.54, 1.807) is 0 Å². The summed E-state index contributed by atoms with van der Waals surface area (Å²) in [5.41, 5.74) is -1.35. The van der Waals surface area contributed by atoms with Gasteiger partial charge in [0.1, 0.15) is 5.54 Å². The molecule has 0 bridgehead atoms. The van der Waals surface area contributed by atoms with Gasteiger partial charge >= 0.3 is 12.1 Å². The number of halogens is 3. The number of carboxylic acids is 1. The minimum Gasteiger partial charge on any atom is -0.480 e. The molecule has 0 aromatic rings. The summed E-state index contributed by atoms with van der Waals surface area (Å²) in [6, 6.07) is 0. The highest BCUT2D eigenvalue weighted by atomic mass is 19.4. The first kappa shape index (κ1) is 11.3. The molecule has 0 aliphatic heterocycles. The second kappa shape index (κ2) is 3.76. The summed E-state index contributed by atoms with van der Waals surface area (Å²) in [4.78, 5) is 10.8. The lowest BCUT2D eigenvalue weighted by Gasteiger charge is -2.25. The highest BCUT2D eigenvalue weighted by molar-refractivity contribution is 5.79. The third-order valence-electron chi connectivity index (χ3n) is 2.49. The Morgan fingerprint density at radius 3 is 2.21 bits per heavy atom. The number of hydrogen-bond donors (Lipinski definition) is 2. The fourth-order valence-corrected chi connectivity index (χ4v) is 1.71. The predicted molar refractivity (Wildman–Crippen MR) is 42.9 cm³/mol. The van der Waals surface area contributed by atoms with E-state index in [9.17, 15) is 18.0 Å². The summed E-state index contributed by atoms with van der Waals surface area (Å²) in [6.45, 7) is -1.24. The fraction of sp³-hybridized carbons (Fsp3) is 0.875. The van der Waals surface area contributed by atoms with E-state index >= 15 is 0 Å². The smallest absolute Gasteiger partial charge is 0.401 e. The van der Waals surface area contributed by atoms with Gasteiger partial charge in [-0.05, 0) is 12.8 Å². The lowest BCUT2D eigenvalue weighted by Crippen LogP contribution is -2.52. The van der Waals surface area contributed by atoms with Crippen molar-refractivity contribution in [2.75, 3.05) is 6.54 Å². The molecule has 3 nitrogen and oxygen atoms in total. The molecule has 0 heterocycles. The van der Waals surface area contributed by atoms with Crippen LogP contribution < -0.4 is 5.32 Å². The third kappa shape index (κ3) is 2.60. The summed E-state index contributed by atoms with van der Waals surface area (Å²) in [5.74, 6) is -1.18. The summed E-state index contributed by atoms with van der Waals surface area (Å²) in [7, 11) is 0. The standard InChI is InChI=1S/C8H12F3NO2/c9-8(10,11)5-12-7(6(13)14)3-1-2-4-7/h12H,1-5H2,(H,13,14). The second-order valence-electron chi connectivity index (χ2n) is 3.56. The van der Waals surface area contributed by atoms with E-state index in [0.29, 0.717) is 12.8 Å². The van der Waals surface area contributed by atoms with Crippen LogP contribution in [0.25, 0.3) is 0 Å². The van der Waals surface area contributed by atoms with E-state index in [-0.39, 0.29) is 12.8 Å². The lowest BCUT2D eigenvalue weighted by molar-refractivity contribution is -0.150. The molecular formula is C8H12F3NO2. The van der Waals surface area contributed by atoms with Crippen LogP contribution in [0.5, 0.6) is 0 Å². The topological polar surface area (TPSA) is 49.3 Å². The van der Waals surface area contributed by atoms with Crippen molar-refractivity contribution in [3.63, 3.8) is 0 Å². The number of carbonyl (C=O) groups is 1. The van der Waals surface area contributed by atoms with Gasteiger partial charge in [0.15, 0.2) is 0 Å². The molecule has 0 radical (unpaired) electrons. The van der Waals surface area contributed by atoms with Crippen LogP contribution >= 0.6 is 0 Å². The third-order valence-corrected chi connectivity index (χ3v) is 2.49. The molecule has 2 N–H and O–H groups in total. The Hall–Kier alpha value is -0.780. The van der Waals surface area contributed by atoms with E-state index in [4.69, 9.17) is 5.11 Å². The van der Waals surface area contributed by atoms with Gasteiger partial charge in [0, 0.05) is 0 Å². The molecule has 0 spiro atoms. The van der Waals surface area contributed by atoms with Crippen LogP contribution in [0.3, 0.4) is 0 Å². The molecule has 0 aromatic carbocycles. The van der Waals surface area contributed by atoms with Crippen LogP contribution in [0, 0.1) is 0 Å². The highest BCUT2D eigenvalue weighted by Gasteiger charge is 2.43. The largest absolute Gasteiger partial charge is 0.480 e. The molecule has 0 amide bonds. The molecule has 0 unspecified atom stereocenters. The number of hydrogen-bond acceptors (Lipinski definition) is 2. The van der Waals surface area contributed by atoms with Crippen molar-refractivity contribution in [1.82, 2.24) is 5.32 Å². The van der Waals surface area contributed by atoms with Gasteiger partial charge < -0.3 is 5.11 Å². The Bertz CT molecular complexity index is 221. The summed E-state index contributed by atoms with van der Waals surface area (Å²) in [6.07, 6.45) is -2.48. The minimum absolute atomic E-state index is 0.276. The van der Waals surface area contributed by atoms with Crippen LogP contribution in [0.1, 0.15) is 25.7 Å². The van der Waals surface area contributed by atoms with E-state index in [1.807, 2.05) is 0 Å². The SMILES string of the molecule is O=C(O)C1(NCC(F)(F)F)CCCC1. The number of aliphatic carboxylic acids is 1. The Morgan fingerprint density at radius 2 is 1.86 bits per heavy atom. The van der Waals surface area contributed by atoms with E-state index < -0.39 is 24.2 Å². The molecular weight excluding hydrogens is 199 g/mol. The molecule has 1 fully saturated rings. The van der Waals surface area contributed by atoms with Crippen molar-refractivity contribution in [2.45, 2.75) is 37.4 Å². The summed E-state index contributed by atoms with van der Waals surface area (Å²) >= 11 is 0. The maximum Gasteiger partial charge on any atom is 0.401 e. The summed E-state index contributed by atoms with van der Waals surface area (Å²) in [5, 5.41) is 10.9. The maximum absolute atomic E-state index is 11.9. The van der Waals surface area contributed by atoms with Crippen molar-refractivity contribution in [1.29, 1.82) is 0 Å². The van der Waals surface area contributed by atoms with E-state index in [2.05, 4.69) is 5.32 Å². The minimum atomic E-state index is -4.36. The summed E-state index contributed by atoms with van der Waals surface area (Å²) < 4.78 is 35.7. The molecule has 1 rings (SSSR count). The number of nitrogens with one attached hydrogen (secondary N) is 1. The van der Waals surface area contributed by atoms with Gasteiger partial charge in [-0.3, -0.25) is 10.1 Å². The van der Waals surface area contributed by atoms with Crippen molar-refractivity contribution in [2.24, 2.45) is 0 Å². The fourth-order valence-electron chi connectivity index (χ4n) is 1.71. The number of rotatable bonds is 3. The Kier molecular flexibility index (Phi) is 3.04. The van der Waals surface area contributed by atoms with Gasteiger partial charge in [0.2, 0.25) is 0 Å². The number of carboxylic acid groups (broad SMARTS) is 1. The van der Waals surface area contributed by atoms with E-state index in [0.717, 1.165) is 0 Å². The van der Waals surface area contributed by atoms with Crippen LogP contribution in [-0.4, -0.2) is 29.3 Å². The molecule has 82 valence electrons. The first-order valence-corrected chi connectivity index (χ1v) is 4.41. The molecule has 0 aromatic heterocycles. The van der Waals surface area contributed by atoms with Crippen molar-refractivity contribution < 1.29 is 23.1 Å². The maximum atomic E-state index is 11.9. The van der Waals surface area contributed by atoms with Crippen LogP contribution in [0.4, 0.5) is 13.2 Å². The zero-order valence-electron chi connectivity index (χ0n) is 7.52. The van der Waals surface area contributed by atoms with Gasteiger partial charge in [0.05, 0.1) is 6.54 Å². The van der Waals surface area contributed by atoms with Crippen LogP contribution in [0.2, 0.25) is 0 Å². The van der Waals surface area contributed by atoms with Gasteiger partial charge in [-0.1, -0.05) is 12.8 Å². The molecule has 0 saturated heterocycles. The van der Waals surface area contributed by atoms with Crippen LogP contribution in [-0.2, 0) is 4.79 Å². The van der Waals surface area contributed by atoms with Crippen molar-refractivity contribution in [3.8, 4) is 0 Å². The molecule has 1 aliphatic carbocycles. The normalized spacial score (nSPS) is 21.1. The molecule has 0 atom stereocenters. The highest BCUT2D eigenvalue weighted by Crippen LogP contribution is 2.30. The zero-order chi connectivity index (χ0) is 10.8. The Morgan fingerprint density at radius 1 is 1.36 bits per heavy atom. The van der Waals surface area contributed by atoms with Crippen molar-refractivity contribution in [3.05, 3.63) is 0 Å². The first-order chi connectivity index (χ1) is 6.36. The first-order valence-electron chi connectivity index (χ1n) is 4.41. The molecule has 1 saturated carbocycles. The molecule has 14 heavy (non-hydrogen) atoms. The lowest BCUT2D eigenvalue weighted by atomic mass is 9.98. The second-order valence-corrected chi connectivity index (χ2v) is 3.56. The average Bonchev–Trinajstić information content (AvgIpc) is 2.48. The van der Waals surface area contributed by atoms with Gasteiger partial charge in [-0.25, -0.2) is 0 Å². The molecule has 6 heteroatoms. The Labute approximate surface area is 79.3 Å². The van der Waals surface area contributed by atoms with E-state index in [1.165, 1.54) is 0 Å². The molecule has 1 aliphatic rings. The Balaban J connectivity index is 2.57. The quantitative estimate of drug-likeness (QED) is 0.744. The zero-order valence-corrected chi connectivity index (χ0v) is 7.52. The van der Waals surface area contributed by atoms with Gasteiger partial charge in [-0.2, -0.15) is 13.2 Å². The monoisotopic (exact) mass is 211 g/mol. The van der Waals surface area contributed by atoms with Crippen LogP contribution in [0.15, 0.2) is 0 Å². The number of alkyl halides is 3. The van der Waals surface area contributed by atoms with Crippen molar-refractivity contribution >= 4 is 5.97 Å². The van der Waals surface area contributed by atoms with Gasteiger partial charge in [-0.15, -0.1) is 0 Å². The van der Waals surface area contributed by atoms with Gasteiger partial charge in [0.25, 0.3) is 0 Å². The average molecular weight is 211 g/mol. The predicted octanol–water partition coefficient (Wildman–Crippen LogP) is 1.54.